The van der Waals surface area contributed by atoms with Gasteiger partial charge in [0.15, 0.2) is 6.61 Å². The predicted molar refractivity (Wildman–Crippen MR) is 104 cm³/mol. The van der Waals surface area contributed by atoms with Gasteiger partial charge < -0.3 is 14.8 Å². The Morgan fingerprint density at radius 1 is 1.19 bits per heavy atom. The monoisotopic (exact) mass is 412 g/mol. The van der Waals surface area contributed by atoms with Gasteiger partial charge in [-0.3, -0.25) is 4.79 Å². The summed E-state index contributed by atoms with van der Waals surface area (Å²) in [6, 6.07) is 9.46. The smallest absolute Gasteiger partial charge is 0.262 e. The third-order valence-corrected chi connectivity index (χ3v) is 5.97. The summed E-state index contributed by atoms with van der Waals surface area (Å²) in [4.78, 5) is 12.1. The largest absolute Gasteiger partial charge is 0.495 e. The summed E-state index contributed by atoms with van der Waals surface area (Å²) in [6.07, 6.45) is 0. The quantitative estimate of drug-likeness (QED) is 0.755. The van der Waals surface area contributed by atoms with Crippen LogP contribution in [0.2, 0.25) is 5.02 Å². The van der Waals surface area contributed by atoms with Crippen LogP contribution in [0.3, 0.4) is 0 Å². The number of anilines is 1. The maximum absolute atomic E-state index is 12.4. The van der Waals surface area contributed by atoms with E-state index in [1.165, 1.54) is 33.3 Å². The number of halogens is 1. The molecule has 27 heavy (non-hydrogen) atoms. The second-order valence-corrected chi connectivity index (χ2v) is 8.43. The molecule has 0 spiro atoms. The lowest BCUT2D eigenvalue weighted by Crippen LogP contribution is -2.24. The van der Waals surface area contributed by atoms with Crippen molar-refractivity contribution in [1.29, 1.82) is 0 Å². The zero-order valence-electron chi connectivity index (χ0n) is 15.4. The molecule has 0 aromatic heterocycles. The van der Waals surface area contributed by atoms with Gasteiger partial charge in [0.05, 0.1) is 7.11 Å². The highest BCUT2D eigenvalue weighted by molar-refractivity contribution is 7.89. The molecular formula is C18H21ClN2O5S. The molecule has 0 saturated carbocycles. The van der Waals surface area contributed by atoms with E-state index in [4.69, 9.17) is 21.1 Å². The van der Waals surface area contributed by atoms with Gasteiger partial charge in [0.25, 0.3) is 5.91 Å². The van der Waals surface area contributed by atoms with Crippen molar-refractivity contribution >= 4 is 33.2 Å². The van der Waals surface area contributed by atoms with Crippen molar-refractivity contribution in [3.05, 3.63) is 47.0 Å². The highest BCUT2D eigenvalue weighted by Gasteiger charge is 2.23. The number of carbonyl (C=O) groups excluding carboxylic acids is 1. The van der Waals surface area contributed by atoms with Crippen LogP contribution in [0.4, 0.5) is 5.69 Å². The fourth-order valence-corrected chi connectivity index (χ4v) is 3.40. The lowest BCUT2D eigenvalue weighted by atomic mass is 10.2. The minimum absolute atomic E-state index is 0.0398. The summed E-state index contributed by atoms with van der Waals surface area (Å²) in [5.41, 5.74) is 1.15. The summed E-state index contributed by atoms with van der Waals surface area (Å²) in [6.45, 7) is 1.60. The van der Waals surface area contributed by atoms with E-state index in [1.54, 1.807) is 24.3 Å². The molecule has 0 heterocycles. The van der Waals surface area contributed by atoms with Crippen molar-refractivity contribution in [1.82, 2.24) is 4.31 Å². The summed E-state index contributed by atoms with van der Waals surface area (Å²) in [7, 11) is 0.488. The fourth-order valence-electron chi connectivity index (χ4n) is 2.21. The number of benzene rings is 2. The maximum Gasteiger partial charge on any atom is 0.262 e. The molecule has 0 radical (unpaired) electrons. The van der Waals surface area contributed by atoms with Crippen molar-refractivity contribution in [3.63, 3.8) is 0 Å². The molecule has 2 aromatic rings. The second kappa shape index (κ2) is 8.60. The molecule has 0 unspecified atom stereocenters. The molecule has 2 aromatic carbocycles. The third-order valence-electron chi connectivity index (χ3n) is 3.71. The number of aryl methyl sites for hydroxylation is 1. The third kappa shape index (κ3) is 5.12. The van der Waals surface area contributed by atoms with Gasteiger partial charge in [-0.2, -0.15) is 0 Å². The number of ether oxygens (including phenoxy) is 2. The molecule has 0 aliphatic heterocycles. The van der Waals surface area contributed by atoms with Gasteiger partial charge >= 0.3 is 0 Å². The Morgan fingerprint density at radius 3 is 2.48 bits per heavy atom. The number of nitrogens with zero attached hydrogens (tertiary/aromatic N) is 1. The first-order chi connectivity index (χ1) is 12.6. The number of sulfonamides is 1. The van der Waals surface area contributed by atoms with Gasteiger partial charge in [0.1, 0.15) is 16.4 Å². The standard InChI is InChI=1S/C18H21ClN2O5S/c1-12-9-14(6-7-15(12)19)26-11-18(22)20-13-5-8-16(25-4)17(10-13)27(23,24)21(2)3/h5-10H,11H2,1-4H3,(H,20,22). The molecule has 9 heteroatoms. The van der Waals surface area contributed by atoms with Crippen molar-refractivity contribution < 1.29 is 22.7 Å². The zero-order chi connectivity index (χ0) is 20.2. The zero-order valence-corrected chi connectivity index (χ0v) is 17.0. The lowest BCUT2D eigenvalue weighted by Gasteiger charge is -2.16. The van der Waals surface area contributed by atoms with E-state index in [-0.39, 0.29) is 17.3 Å². The Bertz CT molecular complexity index is 945. The Hall–Kier alpha value is -2.29. The average molecular weight is 413 g/mol. The molecule has 0 atom stereocenters. The SMILES string of the molecule is COc1ccc(NC(=O)COc2ccc(Cl)c(C)c2)cc1S(=O)(=O)N(C)C. The van der Waals surface area contributed by atoms with Crippen LogP contribution in [-0.4, -0.2) is 46.4 Å². The molecule has 0 bridgehead atoms. The minimum Gasteiger partial charge on any atom is -0.495 e. The summed E-state index contributed by atoms with van der Waals surface area (Å²) >= 11 is 5.95. The van der Waals surface area contributed by atoms with E-state index >= 15 is 0 Å². The molecule has 0 aliphatic carbocycles. The maximum atomic E-state index is 12.4. The Kier molecular flexibility index (Phi) is 6.69. The molecule has 2 rings (SSSR count). The van der Waals surface area contributed by atoms with Crippen molar-refractivity contribution in [2.75, 3.05) is 33.1 Å². The van der Waals surface area contributed by atoms with Crippen molar-refractivity contribution in [2.45, 2.75) is 11.8 Å². The van der Waals surface area contributed by atoms with E-state index in [9.17, 15) is 13.2 Å². The second-order valence-electron chi connectivity index (χ2n) is 5.90. The number of amides is 1. The number of nitrogens with one attached hydrogen (secondary N) is 1. The molecule has 0 saturated heterocycles. The van der Waals surface area contributed by atoms with Gasteiger partial charge in [-0.1, -0.05) is 11.6 Å². The predicted octanol–water partition coefficient (Wildman–Crippen LogP) is 2.92. The molecule has 1 amide bonds. The first kappa shape index (κ1) is 21.0. The molecular weight excluding hydrogens is 392 g/mol. The number of rotatable bonds is 7. The number of hydrogen-bond donors (Lipinski definition) is 1. The summed E-state index contributed by atoms with van der Waals surface area (Å²) in [5.74, 6) is 0.271. The first-order valence-corrected chi connectivity index (χ1v) is 9.76. The van der Waals surface area contributed by atoms with Crippen LogP contribution in [0.1, 0.15) is 5.56 Å². The highest BCUT2D eigenvalue weighted by Crippen LogP contribution is 2.29. The van der Waals surface area contributed by atoms with Crippen LogP contribution >= 0.6 is 11.6 Å². The van der Waals surface area contributed by atoms with Crippen molar-refractivity contribution in [2.24, 2.45) is 0 Å². The van der Waals surface area contributed by atoms with Crippen LogP contribution < -0.4 is 14.8 Å². The van der Waals surface area contributed by atoms with E-state index in [2.05, 4.69) is 5.32 Å². The average Bonchev–Trinajstić information content (AvgIpc) is 2.62. The number of hydrogen-bond acceptors (Lipinski definition) is 5. The van der Waals surface area contributed by atoms with E-state index in [0.717, 1.165) is 9.87 Å². The summed E-state index contributed by atoms with van der Waals surface area (Å²) < 4.78 is 36.5. The van der Waals surface area contributed by atoms with Crippen LogP contribution in [0.25, 0.3) is 0 Å². The molecule has 0 aliphatic rings. The van der Waals surface area contributed by atoms with Crippen LogP contribution in [0.15, 0.2) is 41.3 Å². The van der Waals surface area contributed by atoms with Crippen LogP contribution in [-0.2, 0) is 14.8 Å². The molecule has 146 valence electrons. The topological polar surface area (TPSA) is 84.9 Å². The summed E-state index contributed by atoms with van der Waals surface area (Å²) in [5, 5.41) is 3.22. The van der Waals surface area contributed by atoms with Gasteiger partial charge in [-0.15, -0.1) is 0 Å². The number of carbonyl (C=O) groups is 1. The Labute approximate surface area is 163 Å². The molecule has 7 nitrogen and oxygen atoms in total. The van der Waals surface area contributed by atoms with E-state index < -0.39 is 15.9 Å². The van der Waals surface area contributed by atoms with Crippen LogP contribution in [0.5, 0.6) is 11.5 Å². The minimum atomic E-state index is -3.73. The fraction of sp³-hybridized carbons (Fsp3) is 0.278. The van der Waals surface area contributed by atoms with Crippen LogP contribution in [0, 0.1) is 6.92 Å². The lowest BCUT2D eigenvalue weighted by molar-refractivity contribution is -0.118. The highest BCUT2D eigenvalue weighted by atomic mass is 35.5. The van der Waals surface area contributed by atoms with Gasteiger partial charge in [-0.05, 0) is 48.9 Å². The normalized spacial score (nSPS) is 11.3. The molecule has 0 fully saturated rings. The first-order valence-electron chi connectivity index (χ1n) is 7.94. The van der Waals surface area contributed by atoms with Crippen molar-refractivity contribution in [3.8, 4) is 11.5 Å². The Balaban J connectivity index is 2.12. The van der Waals surface area contributed by atoms with E-state index in [0.29, 0.717) is 16.5 Å². The van der Waals surface area contributed by atoms with Gasteiger partial charge in [0.2, 0.25) is 10.0 Å². The molecule has 1 N–H and O–H groups in total. The number of methoxy groups -OCH3 is 1. The van der Waals surface area contributed by atoms with Gasteiger partial charge in [0, 0.05) is 24.8 Å². The van der Waals surface area contributed by atoms with E-state index in [1.807, 2.05) is 6.92 Å². The Morgan fingerprint density at radius 2 is 1.89 bits per heavy atom. The van der Waals surface area contributed by atoms with Gasteiger partial charge in [-0.25, -0.2) is 12.7 Å².